The molecule has 0 radical (unpaired) electrons. The first-order chi connectivity index (χ1) is 21.3. The molecule has 0 aliphatic carbocycles. The third-order valence-electron chi connectivity index (χ3n) is 7.94. The lowest BCUT2D eigenvalue weighted by Crippen LogP contribution is -2.34. The molecule has 4 rings (SSSR count). The second kappa shape index (κ2) is 14.7. The van der Waals surface area contributed by atoms with Crippen molar-refractivity contribution < 1.29 is 9.59 Å². The van der Waals surface area contributed by atoms with Crippen LogP contribution in [0.1, 0.15) is 92.0 Å². The molecule has 2 unspecified atom stereocenters. The molecule has 45 heavy (non-hydrogen) atoms. The quantitative estimate of drug-likeness (QED) is 0.143. The molecule has 4 aromatic rings. The normalized spacial score (nSPS) is 13.1. The minimum Gasteiger partial charge on any atom is -0.346 e. The van der Waals surface area contributed by atoms with E-state index >= 15 is 0 Å². The Hall–Kier alpha value is -4.20. The van der Waals surface area contributed by atoms with Crippen LogP contribution in [0, 0.1) is 23.7 Å². The topological polar surface area (TPSA) is 105 Å². The van der Waals surface area contributed by atoms with Crippen LogP contribution in [0.15, 0.2) is 60.9 Å². The molecule has 0 fully saturated rings. The Morgan fingerprint density at radius 3 is 1.67 bits per heavy atom. The molecule has 3 N–H and O–H groups in total. The van der Waals surface area contributed by atoms with Gasteiger partial charge in [-0.25, -0.2) is 9.97 Å². The Bertz CT molecular complexity index is 1560. The van der Waals surface area contributed by atoms with Gasteiger partial charge in [0.15, 0.2) is 0 Å². The highest BCUT2D eigenvalue weighted by Crippen LogP contribution is 2.30. The molecule has 0 aliphatic rings. The average molecular weight is 611 g/mol. The lowest BCUT2D eigenvalue weighted by atomic mass is 10.0. The summed E-state index contributed by atoms with van der Waals surface area (Å²) in [4.78, 5) is 38.0. The van der Waals surface area contributed by atoms with Gasteiger partial charge in [-0.1, -0.05) is 104 Å². The molecular formula is C37H50N6O2. The summed E-state index contributed by atoms with van der Waals surface area (Å²) in [5.74, 6) is 2.76. The van der Waals surface area contributed by atoms with Crippen molar-refractivity contribution in [2.75, 3.05) is 0 Å². The molecule has 8 heteroatoms. The average Bonchev–Trinajstić information content (AvgIpc) is 3.61. The summed E-state index contributed by atoms with van der Waals surface area (Å²) in [6.45, 7) is 16.6. The Morgan fingerprint density at radius 2 is 1.18 bits per heavy atom. The third-order valence-corrected chi connectivity index (χ3v) is 7.94. The predicted octanol–water partition coefficient (Wildman–Crippen LogP) is 7.86. The molecule has 2 aromatic carbocycles. The molecule has 2 heterocycles. The highest BCUT2D eigenvalue weighted by molar-refractivity contribution is 5.77. The molecule has 2 atom stereocenters. The van der Waals surface area contributed by atoms with Gasteiger partial charge < -0.3 is 20.2 Å². The number of aryl methyl sites for hydroxylation is 1. The maximum absolute atomic E-state index is 12.6. The number of hydrogen-bond acceptors (Lipinski definition) is 4. The molecule has 240 valence electrons. The van der Waals surface area contributed by atoms with Crippen molar-refractivity contribution in [3.8, 4) is 33.6 Å². The van der Waals surface area contributed by atoms with Crippen molar-refractivity contribution in [1.82, 2.24) is 30.2 Å². The van der Waals surface area contributed by atoms with E-state index in [-0.39, 0.29) is 35.7 Å². The number of H-pyrrole nitrogens is 1. The number of aromatic amines is 1. The zero-order valence-corrected chi connectivity index (χ0v) is 28.3. The van der Waals surface area contributed by atoms with Crippen LogP contribution in [0.3, 0.4) is 0 Å². The zero-order chi connectivity index (χ0) is 32.8. The molecule has 2 amide bonds. The van der Waals surface area contributed by atoms with E-state index in [0.717, 1.165) is 45.3 Å². The molecule has 8 nitrogen and oxygen atoms in total. The Balaban J connectivity index is 1.47. The van der Waals surface area contributed by atoms with E-state index < -0.39 is 0 Å². The van der Waals surface area contributed by atoms with Crippen LogP contribution in [0.2, 0.25) is 0 Å². The monoisotopic (exact) mass is 610 g/mol. The van der Waals surface area contributed by atoms with Crippen molar-refractivity contribution in [2.24, 2.45) is 30.7 Å². The van der Waals surface area contributed by atoms with Gasteiger partial charge in [0.1, 0.15) is 11.6 Å². The van der Waals surface area contributed by atoms with E-state index in [1.807, 2.05) is 37.9 Å². The fourth-order valence-electron chi connectivity index (χ4n) is 5.51. The number of nitrogens with zero attached hydrogens (tertiary/aromatic N) is 3. The SMILES string of the molecule is CC(C)CC(=O)NC(c1ncc(-c2ccc(-c3ccc(-c4cn(C)c(C(NC(=O)CC(C)C)C(C)C)n4)cc3)cc2)[nH]1)C(C)C. The first-order valence-electron chi connectivity index (χ1n) is 16.2. The predicted molar refractivity (Wildman–Crippen MR) is 182 cm³/mol. The van der Waals surface area contributed by atoms with Gasteiger partial charge in [0.2, 0.25) is 11.8 Å². The summed E-state index contributed by atoms with van der Waals surface area (Å²) in [5, 5.41) is 6.35. The minimum atomic E-state index is -0.169. The molecule has 2 aromatic heterocycles. The Morgan fingerprint density at radius 1 is 0.711 bits per heavy atom. The molecule has 0 bridgehead atoms. The number of imidazole rings is 2. The highest BCUT2D eigenvalue weighted by atomic mass is 16.2. The fraction of sp³-hybridized carbons (Fsp3) is 0.459. The van der Waals surface area contributed by atoms with E-state index in [9.17, 15) is 9.59 Å². The van der Waals surface area contributed by atoms with Gasteiger partial charge in [0.05, 0.1) is 29.7 Å². The van der Waals surface area contributed by atoms with Crippen molar-refractivity contribution in [3.05, 3.63) is 72.6 Å². The summed E-state index contributed by atoms with van der Waals surface area (Å²) in [7, 11) is 1.99. The molecule has 0 spiro atoms. The van der Waals surface area contributed by atoms with Crippen LogP contribution in [0.5, 0.6) is 0 Å². The highest BCUT2D eigenvalue weighted by Gasteiger charge is 2.24. The summed E-state index contributed by atoms with van der Waals surface area (Å²) in [6.07, 6.45) is 4.87. The van der Waals surface area contributed by atoms with Crippen molar-refractivity contribution in [3.63, 3.8) is 0 Å². The first-order valence-corrected chi connectivity index (χ1v) is 16.2. The maximum atomic E-state index is 12.6. The van der Waals surface area contributed by atoms with Crippen LogP contribution in [-0.4, -0.2) is 31.3 Å². The lowest BCUT2D eigenvalue weighted by Gasteiger charge is -2.22. The molecular weight excluding hydrogens is 560 g/mol. The minimum absolute atomic E-state index is 0.0471. The van der Waals surface area contributed by atoms with Crippen LogP contribution in [0.4, 0.5) is 0 Å². The number of rotatable bonds is 13. The van der Waals surface area contributed by atoms with E-state index in [0.29, 0.717) is 24.7 Å². The second-order valence-electron chi connectivity index (χ2n) is 13.7. The van der Waals surface area contributed by atoms with E-state index in [1.165, 1.54) is 0 Å². The molecule has 0 saturated carbocycles. The van der Waals surface area contributed by atoms with Gasteiger partial charge in [-0.15, -0.1) is 0 Å². The van der Waals surface area contributed by atoms with Crippen molar-refractivity contribution >= 4 is 11.8 Å². The number of amides is 2. The summed E-state index contributed by atoms with van der Waals surface area (Å²) in [6, 6.07) is 16.5. The van der Waals surface area contributed by atoms with Gasteiger partial charge in [-0.3, -0.25) is 9.59 Å². The lowest BCUT2D eigenvalue weighted by molar-refractivity contribution is -0.123. The summed E-state index contributed by atoms with van der Waals surface area (Å²) < 4.78 is 2.02. The molecule has 0 aliphatic heterocycles. The van der Waals surface area contributed by atoms with Gasteiger partial charge in [0.25, 0.3) is 0 Å². The number of benzene rings is 2. The number of carbonyl (C=O) groups is 2. The number of hydrogen-bond donors (Lipinski definition) is 3. The third kappa shape index (κ3) is 8.71. The molecule has 0 saturated heterocycles. The van der Waals surface area contributed by atoms with Gasteiger partial charge >= 0.3 is 0 Å². The van der Waals surface area contributed by atoms with Gasteiger partial charge in [-0.05, 0) is 40.4 Å². The van der Waals surface area contributed by atoms with Crippen LogP contribution < -0.4 is 10.6 Å². The largest absolute Gasteiger partial charge is 0.346 e. The van der Waals surface area contributed by atoms with E-state index in [4.69, 9.17) is 4.98 Å². The van der Waals surface area contributed by atoms with Gasteiger partial charge in [0, 0.05) is 31.6 Å². The number of carbonyl (C=O) groups excluding carboxylic acids is 2. The van der Waals surface area contributed by atoms with E-state index in [2.05, 4.69) is 111 Å². The zero-order valence-electron chi connectivity index (χ0n) is 28.3. The Labute approximate surface area is 268 Å². The van der Waals surface area contributed by atoms with Crippen molar-refractivity contribution in [1.29, 1.82) is 0 Å². The van der Waals surface area contributed by atoms with Crippen LogP contribution in [-0.2, 0) is 16.6 Å². The first kappa shape index (κ1) is 33.7. The van der Waals surface area contributed by atoms with Crippen molar-refractivity contribution in [2.45, 2.75) is 80.3 Å². The van der Waals surface area contributed by atoms with Crippen LogP contribution in [0.25, 0.3) is 33.6 Å². The summed E-state index contributed by atoms with van der Waals surface area (Å²) >= 11 is 0. The van der Waals surface area contributed by atoms with Crippen LogP contribution >= 0.6 is 0 Å². The number of aromatic nitrogens is 4. The maximum Gasteiger partial charge on any atom is 0.220 e. The van der Waals surface area contributed by atoms with Gasteiger partial charge in [-0.2, -0.15) is 0 Å². The Kier molecular flexibility index (Phi) is 11.0. The van der Waals surface area contributed by atoms with E-state index in [1.54, 1.807) is 0 Å². The fourth-order valence-corrected chi connectivity index (χ4v) is 5.51. The number of nitrogens with one attached hydrogen (secondary N) is 3. The standard InChI is InChI=1S/C37H50N6O2/c1-22(2)18-32(44)41-34(24(5)6)36-38-20-30(39-36)28-14-10-26(11-15-28)27-12-16-29(17-13-27)31-21-43(9)37(40-31)35(25(7)8)42-33(45)19-23(3)4/h10-17,20-25,34-35H,18-19H2,1-9H3,(H,38,39)(H,41,44)(H,42,45). The summed E-state index contributed by atoms with van der Waals surface area (Å²) in [5.41, 5.74) is 6.08. The smallest absolute Gasteiger partial charge is 0.220 e. The second-order valence-corrected chi connectivity index (χ2v) is 13.7.